The molecule has 1 aliphatic heterocycles. The molecule has 5 nitrogen and oxygen atoms in total. The number of piperidine rings is 1. The second kappa shape index (κ2) is 9.06. The highest BCUT2D eigenvalue weighted by Crippen LogP contribution is 2.27. The normalized spacial score (nSPS) is 17.3. The summed E-state index contributed by atoms with van der Waals surface area (Å²) in [7, 11) is 0. The fraction of sp³-hybridized carbons (Fsp3) is 0.333. The Balaban J connectivity index is 1.50. The van der Waals surface area contributed by atoms with Crippen molar-refractivity contribution < 1.29 is 9.59 Å². The van der Waals surface area contributed by atoms with Gasteiger partial charge in [0.2, 0.25) is 5.91 Å². The Hall–Kier alpha value is -2.57. The van der Waals surface area contributed by atoms with E-state index in [-0.39, 0.29) is 24.2 Å². The largest absolute Gasteiger partial charge is 0.368 e. The van der Waals surface area contributed by atoms with Crippen LogP contribution in [-0.4, -0.2) is 40.5 Å². The van der Waals surface area contributed by atoms with E-state index in [4.69, 9.17) is 5.73 Å². The lowest BCUT2D eigenvalue weighted by atomic mass is 9.90. The van der Waals surface area contributed by atoms with Crippen LogP contribution in [0.2, 0.25) is 0 Å². The van der Waals surface area contributed by atoms with Gasteiger partial charge >= 0.3 is 0 Å². The number of Topliss-reactive ketones (excluding diaryl/α,β-unsaturated/α-hetero) is 1. The maximum Gasteiger partial charge on any atom is 0.237 e. The standard InChI is InChI=1S/C24H27N3O2S/c1-30-20-10-8-17(9-11-20)24(29)18-5-4-12-26(13-18)14-19-15-27(16-23(25)28)22-7-3-2-6-21(19)22/h2-3,6-11,15,18H,4-5,12-14,16H2,1H3,(H2,25,28)/t18-/m0/s1. The smallest absolute Gasteiger partial charge is 0.237 e. The van der Waals surface area contributed by atoms with Crippen LogP contribution in [0.1, 0.15) is 28.8 Å². The molecule has 1 saturated heterocycles. The van der Waals surface area contributed by atoms with Crippen LogP contribution in [0.25, 0.3) is 10.9 Å². The molecule has 1 atom stereocenters. The Morgan fingerprint density at radius 3 is 2.63 bits per heavy atom. The number of carbonyl (C=O) groups is 2. The van der Waals surface area contributed by atoms with Gasteiger partial charge in [0.05, 0.1) is 0 Å². The summed E-state index contributed by atoms with van der Waals surface area (Å²) in [6.45, 7) is 2.68. The minimum atomic E-state index is -0.349. The van der Waals surface area contributed by atoms with Crippen LogP contribution in [0.3, 0.4) is 0 Å². The number of nitrogens with two attached hydrogens (primary N) is 1. The summed E-state index contributed by atoms with van der Waals surface area (Å²) in [6.07, 6.45) is 6.01. The van der Waals surface area contributed by atoms with Crippen molar-refractivity contribution in [3.05, 3.63) is 65.9 Å². The van der Waals surface area contributed by atoms with Crippen molar-refractivity contribution in [3.63, 3.8) is 0 Å². The summed E-state index contributed by atoms with van der Waals surface area (Å²) < 4.78 is 1.92. The molecular weight excluding hydrogens is 394 g/mol. The topological polar surface area (TPSA) is 68.3 Å². The van der Waals surface area contributed by atoms with Gasteiger partial charge in [0.15, 0.2) is 5.78 Å². The fourth-order valence-corrected chi connectivity index (χ4v) is 4.80. The van der Waals surface area contributed by atoms with Gasteiger partial charge in [0.1, 0.15) is 6.54 Å². The summed E-state index contributed by atoms with van der Waals surface area (Å²) in [4.78, 5) is 28.0. The van der Waals surface area contributed by atoms with Gasteiger partial charge in [-0.2, -0.15) is 0 Å². The van der Waals surface area contributed by atoms with Gasteiger partial charge in [-0.25, -0.2) is 0 Å². The quantitative estimate of drug-likeness (QED) is 0.463. The zero-order valence-corrected chi connectivity index (χ0v) is 18.0. The highest BCUT2D eigenvalue weighted by Gasteiger charge is 2.27. The molecule has 156 valence electrons. The second-order valence-corrected chi connectivity index (χ2v) is 8.81. The second-order valence-electron chi connectivity index (χ2n) is 7.93. The van der Waals surface area contributed by atoms with Crippen LogP contribution >= 0.6 is 11.8 Å². The van der Waals surface area contributed by atoms with Crippen LogP contribution in [-0.2, 0) is 17.9 Å². The number of ketones is 1. The van der Waals surface area contributed by atoms with E-state index < -0.39 is 0 Å². The minimum Gasteiger partial charge on any atom is -0.368 e. The molecule has 2 heterocycles. The molecule has 2 aromatic carbocycles. The van der Waals surface area contributed by atoms with Crippen molar-refractivity contribution in [3.8, 4) is 0 Å². The number of amides is 1. The van der Waals surface area contributed by atoms with Gasteiger partial charge in [-0.05, 0) is 49.4 Å². The maximum absolute atomic E-state index is 13.0. The first kappa shape index (κ1) is 20.7. The Morgan fingerprint density at radius 1 is 1.13 bits per heavy atom. The van der Waals surface area contributed by atoms with Crippen LogP contribution in [0, 0.1) is 5.92 Å². The number of hydrogen-bond acceptors (Lipinski definition) is 4. The molecule has 1 fully saturated rings. The molecule has 1 aliphatic rings. The predicted octanol–water partition coefficient (Wildman–Crippen LogP) is 3.94. The summed E-state index contributed by atoms with van der Waals surface area (Å²) >= 11 is 1.68. The van der Waals surface area contributed by atoms with Gasteiger partial charge in [-0.1, -0.05) is 30.3 Å². The van der Waals surface area contributed by atoms with Crippen molar-refractivity contribution in [2.75, 3.05) is 19.3 Å². The third-order valence-corrected chi connectivity index (χ3v) is 6.59. The van der Waals surface area contributed by atoms with E-state index >= 15 is 0 Å². The molecule has 1 amide bonds. The van der Waals surface area contributed by atoms with Crippen molar-refractivity contribution >= 4 is 34.4 Å². The Kier molecular flexibility index (Phi) is 6.25. The van der Waals surface area contributed by atoms with E-state index in [1.54, 1.807) is 11.8 Å². The molecular formula is C24H27N3O2S. The number of aromatic nitrogens is 1. The molecule has 0 saturated carbocycles. The number of benzene rings is 2. The Labute approximate surface area is 181 Å². The van der Waals surface area contributed by atoms with E-state index in [9.17, 15) is 9.59 Å². The summed E-state index contributed by atoms with van der Waals surface area (Å²) in [6, 6.07) is 16.0. The first-order valence-electron chi connectivity index (χ1n) is 10.3. The molecule has 0 aliphatic carbocycles. The number of fused-ring (bicyclic) bond motifs is 1. The van der Waals surface area contributed by atoms with Crippen molar-refractivity contribution in [2.45, 2.75) is 30.8 Å². The van der Waals surface area contributed by atoms with Crippen molar-refractivity contribution in [1.82, 2.24) is 9.47 Å². The van der Waals surface area contributed by atoms with E-state index in [0.717, 1.165) is 48.9 Å². The molecule has 6 heteroatoms. The third-order valence-electron chi connectivity index (χ3n) is 5.84. The lowest BCUT2D eigenvalue weighted by Gasteiger charge is -2.32. The van der Waals surface area contributed by atoms with Crippen LogP contribution in [0.15, 0.2) is 59.6 Å². The van der Waals surface area contributed by atoms with Crippen LogP contribution < -0.4 is 5.73 Å². The van der Waals surface area contributed by atoms with Crippen molar-refractivity contribution in [2.24, 2.45) is 11.7 Å². The molecule has 30 heavy (non-hydrogen) atoms. The highest BCUT2D eigenvalue weighted by atomic mass is 32.2. The van der Waals surface area contributed by atoms with Gasteiger partial charge in [-0.15, -0.1) is 11.8 Å². The number of nitrogens with zero attached hydrogens (tertiary/aromatic N) is 2. The molecule has 3 aromatic rings. The number of thioether (sulfide) groups is 1. The molecule has 0 bridgehead atoms. The van der Waals surface area contributed by atoms with Crippen LogP contribution in [0.5, 0.6) is 0 Å². The highest BCUT2D eigenvalue weighted by molar-refractivity contribution is 7.98. The lowest BCUT2D eigenvalue weighted by molar-refractivity contribution is -0.118. The lowest BCUT2D eigenvalue weighted by Crippen LogP contribution is -2.38. The first-order chi connectivity index (χ1) is 14.5. The molecule has 4 rings (SSSR count). The first-order valence-corrected chi connectivity index (χ1v) is 11.5. The van der Waals surface area contributed by atoms with Gasteiger partial charge < -0.3 is 10.3 Å². The molecule has 1 aromatic heterocycles. The zero-order chi connectivity index (χ0) is 21.1. The van der Waals surface area contributed by atoms with Crippen molar-refractivity contribution in [1.29, 1.82) is 0 Å². The van der Waals surface area contributed by atoms with E-state index in [2.05, 4.69) is 11.0 Å². The molecule has 2 N–H and O–H groups in total. The summed E-state index contributed by atoms with van der Waals surface area (Å²) in [5, 5.41) is 1.14. The third kappa shape index (κ3) is 4.45. The maximum atomic E-state index is 13.0. The van der Waals surface area contributed by atoms with Gasteiger partial charge in [0.25, 0.3) is 0 Å². The summed E-state index contributed by atoms with van der Waals surface area (Å²) in [5.41, 5.74) is 8.42. The number of rotatable bonds is 7. The number of likely N-dealkylation sites (tertiary alicyclic amines) is 1. The van der Waals surface area contributed by atoms with Gasteiger partial charge in [-0.3, -0.25) is 14.5 Å². The monoisotopic (exact) mass is 421 g/mol. The van der Waals surface area contributed by atoms with E-state index in [0.29, 0.717) is 0 Å². The van der Waals surface area contributed by atoms with E-state index in [1.165, 1.54) is 10.5 Å². The molecule has 0 radical (unpaired) electrons. The summed E-state index contributed by atoms with van der Waals surface area (Å²) in [5.74, 6) is -0.0835. The molecule has 0 unspecified atom stereocenters. The minimum absolute atomic E-state index is 0.0258. The fourth-order valence-electron chi connectivity index (χ4n) is 4.39. The average Bonchev–Trinajstić information content (AvgIpc) is 3.10. The number of hydrogen-bond donors (Lipinski definition) is 1. The van der Waals surface area contributed by atoms with E-state index in [1.807, 2.05) is 59.5 Å². The zero-order valence-electron chi connectivity index (χ0n) is 17.2. The number of para-hydroxylation sites is 1. The average molecular weight is 422 g/mol. The SMILES string of the molecule is CSc1ccc(C(=O)[C@H]2CCCN(Cc3cn(CC(N)=O)c4ccccc34)C2)cc1. The predicted molar refractivity (Wildman–Crippen MR) is 122 cm³/mol. The number of primary amides is 1. The molecule has 0 spiro atoms. The van der Waals surface area contributed by atoms with Gasteiger partial charge in [0, 0.05) is 46.6 Å². The Morgan fingerprint density at radius 2 is 1.90 bits per heavy atom. The van der Waals surface area contributed by atoms with Crippen LogP contribution in [0.4, 0.5) is 0 Å². The Bertz CT molecular complexity index is 1060. The number of carbonyl (C=O) groups excluding carboxylic acids is 2.